The number of hydrogen-bond acceptors (Lipinski definition) is 4. The van der Waals surface area contributed by atoms with Crippen molar-refractivity contribution in [2.45, 2.75) is 43.7 Å². The first kappa shape index (κ1) is 16.9. The molecule has 0 amide bonds. The third kappa shape index (κ3) is 5.79. The number of thioether (sulfide) groups is 1. The Morgan fingerprint density at radius 3 is 2.47 bits per heavy atom. The maximum atomic E-state index is 9.49. The minimum Gasteiger partial charge on any atom is -0.505 e. The quantitative estimate of drug-likeness (QED) is 0.289. The first-order valence-corrected chi connectivity index (χ1v) is 8.13. The monoisotopic (exact) mass is 322 g/mol. The molecule has 1 aromatic rings. The van der Waals surface area contributed by atoms with E-state index in [1.807, 2.05) is 0 Å². The molecular weight excluding hydrogens is 303 g/mol. The molecule has 1 unspecified atom stereocenters. The Morgan fingerprint density at radius 2 is 1.95 bits per heavy atom. The molecule has 0 aliphatic heterocycles. The van der Waals surface area contributed by atoms with Crippen molar-refractivity contribution in [3.8, 4) is 5.75 Å². The number of phenols is 1. The number of rotatable bonds is 8. The molecule has 1 aromatic carbocycles. The zero-order valence-corrected chi connectivity index (χ0v) is 13.3. The number of phenolic OH excluding ortho intramolecular Hbond substituents is 1. The molecule has 4 N–H and O–H groups in total. The second-order valence-corrected chi connectivity index (χ2v) is 6.38. The number of nitrogens with one attached hydrogen (secondary N) is 1. The van der Waals surface area contributed by atoms with Gasteiger partial charge in [-0.05, 0) is 24.1 Å². The highest BCUT2D eigenvalue weighted by Gasteiger charge is 2.10. The average Bonchev–Trinajstić information content (AvgIpc) is 2.39. The zero-order valence-electron chi connectivity index (χ0n) is 11.0. The number of halogens is 2. The van der Waals surface area contributed by atoms with Gasteiger partial charge in [-0.15, -0.1) is 11.8 Å². The Bertz CT molecular complexity index is 381. The lowest BCUT2D eigenvalue weighted by Crippen LogP contribution is -2.32. The summed E-state index contributed by atoms with van der Waals surface area (Å²) in [6.07, 6.45) is 4.62. The van der Waals surface area contributed by atoms with Gasteiger partial charge in [0.15, 0.2) is 5.75 Å². The van der Waals surface area contributed by atoms with Crippen molar-refractivity contribution in [1.82, 2.24) is 5.43 Å². The highest BCUT2D eigenvalue weighted by atomic mass is 35.5. The zero-order chi connectivity index (χ0) is 14.3. The maximum Gasteiger partial charge on any atom is 0.152 e. The van der Waals surface area contributed by atoms with E-state index in [2.05, 4.69) is 12.3 Å². The van der Waals surface area contributed by atoms with Gasteiger partial charge in [0.2, 0.25) is 0 Å². The topological polar surface area (TPSA) is 58.3 Å². The lowest BCUT2D eigenvalue weighted by atomic mass is 10.2. The van der Waals surface area contributed by atoms with Gasteiger partial charge in [-0.25, -0.2) is 5.43 Å². The first-order valence-electron chi connectivity index (χ1n) is 6.33. The van der Waals surface area contributed by atoms with E-state index in [0.717, 1.165) is 24.2 Å². The fourth-order valence-electron chi connectivity index (χ4n) is 1.69. The van der Waals surface area contributed by atoms with Crippen LogP contribution >= 0.6 is 35.0 Å². The molecule has 6 heteroatoms. The van der Waals surface area contributed by atoms with Gasteiger partial charge in [-0.3, -0.25) is 5.84 Å². The molecule has 19 heavy (non-hydrogen) atoms. The Balaban J connectivity index is 2.50. The molecule has 3 nitrogen and oxygen atoms in total. The molecule has 0 radical (unpaired) electrons. The Morgan fingerprint density at radius 1 is 1.32 bits per heavy atom. The van der Waals surface area contributed by atoms with Crippen LogP contribution in [0.4, 0.5) is 0 Å². The first-order chi connectivity index (χ1) is 9.08. The van der Waals surface area contributed by atoms with Crippen LogP contribution in [-0.2, 0) is 5.75 Å². The summed E-state index contributed by atoms with van der Waals surface area (Å²) >= 11 is 13.5. The smallest absolute Gasteiger partial charge is 0.152 e. The van der Waals surface area contributed by atoms with E-state index >= 15 is 0 Å². The predicted octanol–water partition coefficient (Wildman–Crippen LogP) is 4.30. The van der Waals surface area contributed by atoms with Gasteiger partial charge in [-0.2, -0.15) is 0 Å². The van der Waals surface area contributed by atoms with E-state index < -0.39 is 0 Å². The lowest BCUT2D eigenvalue weighted by molar-refractivity contribution is 0.475. The molecule has 0 fully saturated rings. The van der Waals surface area contributed by atoms with E-state index in [9.17, 15) is 5.11 Å². The van der Waals surface area contributed by atoms with Crippen molar-refractivity contribution >= 4 is 35.0 Å². The summed E-state index contributed by atoms with van der Waals surface area (Å²) in [4.78, 5) is 0. The van der Waals surface area contributed by atoms with Gasteiger partial charge in [0.1, 0.15) is 0 Å². The number of hydrogen-bond donors (Lipinski definition) is 3. The average molecular weight is 323 g/mol. The summed E-state index contributed by atoms with van der Waals surface area (Å²) in [7, 11) is 0. The van der Waals surface area contributed by atoms with Crippen LogP contribution in [0, 0.1) is 0 Å². The number of benzene rings is 1. The van der Waals surface area contributed by atoms with Gasteiger partial charge in [0.05, 0.1) is 15.4 Å². The van der Waals surface area contributed by atoms with Crippen molar-refractivity contribution in [1.29, 1.82) is 0 Å². The molecule has 0 aromatic heterocycles. The second kappa shape index (κ2) is 8.93. The largest absolute Gasteiger partial charge is 0.505 e. The van der Waals surface area contributed by atoms with E-state index in [0.29, 0.717) is 0 Å². The van der Waals surface area contributed by atoms with Gasteiger partial charge in [-0.1, -0.05) is 49.4 Å². The molecular formula is C13H20Cl2N2OS. The number of nitrogens with two attached hydrogens (primary N) is 1. The van der Waals surface area contributed by atoms with Crippen LogP contribution in [0.15, 0.2) is 12.1 Å². The molecule has 0 saturated heterocycles. The van der Waals surface area contributed by atoms with Crippen LogP contribution in [-0.4, -0.2) is 10.5 Å². The van der Waals surface area contributed by atoms with Crippen molar-refractivity contribution in [2.24, 2.45) is 5.84 Å². The van der Waals surface area contributed by atoms with Gasteiger partial charge < -0.3 is 5.11 Å². The van der Waals surface area contributed by atoms with Crippen molar-refractivity contribution < 1.29 is 5.11 Å². The Hall–Kier alpha value is -0.130. The van der Waals surface area contributed by atoms with Crippen LogP contribution in [0.1, 0.15) is 38.2 Å². The maximum absolute atomic E-state index is 9.49. The van der Waals surface area contributed by atoms with Gasteiger partial charge in [0, 0.05) is 5.75 Å². The highest BCUT2D eigenvalue weighted by Crippen LogP contribution is 2.34. The molecule has 0 aliphatic rings. The molecule has 1 atom stereocenters. The summed E-state index contributed by atoms with van der Waals surface area (Å²) in [5.41, 5.74) is 3.80. The van der Waals surface area contributed by atoms with Gasteiger partial charge in [0.25, 0.3) is 0 Å². The summed E-state index contributed by atoms with van der Waals surface area (Å²) in [5.74, 6) is 6.23. The fraction of sp³-hybridized carbons (Fsp3) is 0.538. The number of hydrazine groups is 1. The second-order valence-electron chi connectivity index (χ2n) is 4.37. The van der Waals surface area contributed by atoms with Crippen LogP contribution in [0.2, 0.25) is 10.0 Å². The summed E-state index contributed by atoms with van der Waals surface area (Å²) in [6.45, 7) is 2.18. The third-order valence-electron chi connectivity index (χ3n) is 2.78. The van der Waals surface area contributed by atoms with E-state index in [-0.39, 0.29) is 21.2 Å². The van der Waals surface area contributed by atoms with Crippen molar-refractivity contribution in [3.05, 3.63) is 27.7 Å². The van der Waals surface area contributed by atoms with Crippen LogP contribution in [0.5, 0.6) is 5.75 Å². The number of aromatic hydroxyl groups is 1. The number of unbranched alkanes of at least 4 members (excludes halogenated alkanes) is 2. The summed E-state index contributed by atoms with van der Waals surface area (Å²) < 4.78 is 0. The summed E-state index contributed by atoms with van der Waals surface area (Å²) in [5, 5.41) is 10.3. The molecule has 0 saturated carbocycles. The fourth-order valence-corrected chi connectivity index (χ4v) is 3.21. The normalized spacial score (nSPS) is 12.6. The van der Waals surface area contributed by atoms with Crippen LogP contribution < -0.4 is 11.3 Å². The van der Waals surface area contributed by atoms with Crippen LogP contribution in [0.3, 0.4) is 0 Å². The molecule has 108 valence electrons. The van der Waals surface area contributed by atoms with Crippen LogP contribution in [0.25, 0.3) is 0 Å². The van der Waals surface area contributed by atoms with Gasteiger partial charge >= 0.3 is 0 Å². The van der Waals surface area contributed by atoms with Crippen molar-refractivity contribution in [3.63, 3.8) is 0 Å². The van der Waals surface area contributed by atoms with E-state index in [1.54, 1.807) is 23.9 Å². The Kier molecular flexibility index (Phi) is 7.95. The summed E-state index contributed by atoms with van der Waals surface area (Å²) in [6, 6.07) is 3.46. The highest BCUT2D eigenvalue weighted by molar-refractivity contribution is 7.99. The van der Waals surface area contributed by atoms with Crippen molar-refractivity contribution in [2.75, 3.05) is 0 Å². The van der Waals surface area contributed by atoms with E-state index in [1.165, 1.54) is 12.8 Å². The third-order valence-corrected chi connectivity index (χ3v) is 4.63. The molecule has 1 rings (SSSR count). The predicted molar refractivity (Wildman–Crippen MR) is 84.7 cm³/mol. The molecule has 0 heterocycles. The Labute approximate surface area is 128 Å². The SMILES string of the molecule is CCCCCC(NN)SCc1cc(Cl)c(O)c(Cl)c1. The standard InChI is InChI=1S/C13H20Cl2N2OS/c1-2-3-4-5-12(17-16)19-8-9-6-10(14)13(18)11(15)7-9/h6-7,12,17-18H,2-5,8,16H2,1H3. The molecule has 0 aliphatic carbocycles. The van der Waals surface area contributed by atoms with E-state index in [4.69, 9.17) is 29.0 Å². The molecule has 0 spiro atoms. The minimum absolute atomic E-state index is 0.0615. The lowest BCUT2D eigenvalue weighted by Gasteiger charge is -2.15. The minimum atomic E-state index is -0.0615. The molecule has 0 bridgehead atoms.